The number of benzene rings is 1. The molecule has 0 N–H and O–H groups in total. The van der Waals surface area contributed by atoms with Gasteiger partial charge < -0.3 is 0 Å². The third-order valence-electron chi connectivity index (χ3n) is 2.85. The SMILES string of the molecule is CC(C)N(C)Cc1ccc2nccnc2c1. The fraction of sp³-hybridized carbons (Fsp3) is 0.385. The maximum Gasteiger partial charge on any atom is 0.0890 e. The second-order valence-electron chi connectivity index (χ2n) is 4.39. The number of hydrogen-bond donors (Lipinski definition) is 0. The maximum absolute atomic E-state index is 4.31. The predicted molar refractivity (Wildman–Crippen MR) is 66.1 cm³/mol. The number of nitrogens with zero attached hydrogens (tertiary/aromatic N) is 3. The van der Waals surface area contributed by atoms with Gasteiger partial charge in [0.1, 0.15) is 0 Å². The highest BCUT2D eigenvalue weighted by Crippen LogP contribution is 2.13. The van der Waals surface area contributed by atoms with Crippen molar-refractivity contribution in [1.29, 1.82) is 0 Å². The lowest BCUT2D eigenvalue weighted by Gasteiger charge is -2.20. The van der Waals surface area contributed by atoms with Gasteiger partial charge in [0.25, 0.3) is 0 Å². The molecule has 84 valence electrons. The van der Waals surface area contributed by atoms with E-state index in [9.17, 15) is 0 Å². The molecule has 1 aromatic carbocycles. The van der Waals surface area contributed by atoms with Crippen LogP contribution >= 0.6 is 0 Å². The minimum Gasteiger partial charge on any atom is -0.300 e. The van der Waals surface area contributed by atoms with Crippen molar-refractivity contribution >= 4 is 11.0 Å². The molecule has 0 saturated carbocycles. The Bertz CT molecular complexity index is 479. The lowest BCUT2D eigenvalue weighted by atomic mass is 10.1. The van der Waals surface area contributed by atoms with E-state index in [4.69, 9.17) is 0 Å². The monoisotopic (exact) mass is 215 g/mol. The van der Waals surface area contributed by atoms with Crippen LogP contribution in [0.15, 0.2) is 30.6 Å². The zero-order valence-electron chi connectivity index (χ0n) is 10.0. The molecule has 0 atom stereocenters. The van der Waals surface area contributed by atoms with Crippen molar-refractivity contribution in [3.63, 3.8) is 0 Å². The van der Waals surface area contributed by atoms with E-state index in [0.717, 1.165) is 17.6 Å². The van der Waals surface area contributed by atoms with E-state index in [-0.39, 0.29) is 0 Å². The Morgan fingerprint density at radius 3 is 2.50 bits per heavy atom. The summed E-state index contributed by atoms with van der Waals surface area (Å²) in [5.41, 5.74) is 3.21. The Kier molecular flexibility index (Phi) is 3.15. The summed E-state index contributed by atoms with van der Waals surface area (Å²) in [6, 6.07) is 6.82. The van der Waals surface area contributed by atoms with Crippen LogP contribution in [0.3, 0.4) is 0 Å². The van der Waals surface area contributed by atoms with Crippen LogP contribution in [0.5, 0.6) is 0 Å². The molecule has 0 bridgehead atoms. The highest BCUT2D eigenvalue weighted by atomic mass is 15.1. The summed E-state index contributed by atoms with van der Waals surface area (Å²) in [4.78, 5) is 10.9. The van der Waals surface area contributed by atoms with E-state index < -0.39 is 0 Å². The van der Waals surface area contributed by atoms with Crippen LogP contribution < -0.4 is 0 Å². The van der Waals surface area contributed by atoms with Gasteiger partial charge in [-0.2, -0.15) is 0 Å². The van der Waals surface area contributed by atoms with Gasteiger partial charge in [-0.05, 0) is 38.6 Å². The highest BCUT2D eigenvalue weighted by molar-refractivity contribution is 5.74. The van der Waals surface area contributed by atoms with Crippen LogP contribution in [0, 0.1) is 0 Å². The van der Waals surface area contributed by atoms with E-state index in [1.807, 2.05) is 6.07 Å². The van der Waals surface area contributed by atoms with E-state index in [1.54, 1.807) is 12.4 Å². The van der Waals surface area contributed by atoms with E-state index in [0.29, 0.717) is 6.04 Å². The average molecular weight is 215 g/mol. The number of fused-ring (bicyclic) bond motifs is 1. The molecule has 0 radical (unpaired) electrons. The largest absolute Gasteiger partial charge is 0.300 e. The molecular formula is C13H17N3. The maximum atomic E-state index is 4.31. The molecule has 3 nitrogen and oxygen atoms in total. The zero-order valence-corrected chi connectivity index (χ0v) is 10.0. The fourth-order valence-corrected chi connectivity index (χ4v) is 1.58. The Balaban J connectivity index is 2.26. The molecule has 1 heterocycles. The molecule has 0 saturated heterocycles. The van der Waals surface area contributed by atoms with Gasteiger partial charge in [-0.3, -0.25) is 14.9 Å². The number of rotatable bonds is 3. The molecule has 0 aliphatic rings. The van der Waals surface area contributed by atoms with Gasteiger partial charge in [0.05, 0.1) is 11.0 Å². The second-order valence-corrected chi connectivity index (χ2v) is 4.39. The molecule has 0 spiro atoms. The molecule has 16 heavy (non-hydrogen) atoms. The van der Waals surface area contributed by atoms with Crippen molar-refractivity contribution in [3.8, 4) is 0 Å². The minimum absolute atomic E-state index is 0.553. The molecule has 2 aromatic rings. The summed E-state index contributed by atoms with van der Waals surface area (Å²) in [5, 5.41) is 0. The van der Waals surface area contributed by atoms with E-state index in [2.05, 4.69) is 47.9 Å². The molecule has 0 unspecified atom stereocenters. The van der Waals surface area contributed by atoms with Crippen LogP contribution in [0.4, 0.5) is 0 Å². The molecule has 0 aliphatic carbocycles. The molecule has 1 aromatic heterocycles. The van der Waals surface area contributed by atoms with Crippen LogP contribution in [0.25, 0.3) is 11.0 Å². The first-order valence-electron chi connectivity index (χ1n) is 5.56. The normalized spacial score (nSPS) is 11.6. The van der Waals surface area contributed by atoms with Crippen molar-refractivity contribution in [2.75, 3.05) is 7.05 Å². The Hall–Kier alpha value is -1.48. The summed E-state index contributed by atoms with van der Waals surface area (Å²) in [6.45, 7) is 5.34. The quantitative estimate of drug-likeness (QED) is 0.787. The Labute approximate surface area is 96.1 Å². The fourth-order valence-electron chi connectivity index (χ4n) is 1.58. The third-order valence-corrected chi connectivity index (χ3v) is 2.85. The van der Waals surface area contributed by atoms with Crippen molar-refractivity contribution in [1.82, 2.24) is 14.9 Å². The molecular weight excluding hydrogens is 198 g/mol. The first kappa shape index (κ1) is 11.0. The molecule has 3 heteroatoms. The molecule has 0 amide bonds. The molecule has 0 fully saturated rings. The Morgan fingerprint density at radius 2 is 1.81 bits per heavy atom. The predicted octanol–water partition coefficient (Wildman–Crippen LogP) is 2.47. The first-order valence-corrected chi connectivity index (χ1v) is 5.56. The smallest absolute Gasteiger partial charge is 0.0890 e. The van der Waals surface area contributed by atoms with Gasteiger partial charge >= 0.3 is 0 Å². The van der Waals surface area contributed by atoms with Crippen LogP contribution in [-0.2, 0) is 6.54 Å². The van der Waals surface area contributed by atoms with E-state index >= 15 is 0 Å². The second kappa shape index (κ2) is 4.58. The van der Waals surface area contributed by atoms with Crippen molar-refractivity contribution < 1.29 is 0 Å². The summed E-state index contributed by atoms with van der Waals surface area (Å²) in [5.74, 6) is 0. The molecule has 0 aliphatic heterocycles. The Morgan fingerprint density at radius 1 is 1.12 bits per heavy atom. The summed E-state index contributed by atoms with van der Waals surface area (Å²) >= 11 is 0. The van der Waals surface area contributed by atoms with Gasteiger partial charge in [-0.1, -0.05) is 6.07 Å². The minimum atomic E-state index is 0.553. The van der Waals surface area contributed by atoms with E-state index in [1.165, 1.54) is 5.56 Å². The van der Waals surface area contributed by atoms with Gasteiger partial charge in [0, 0.05) is 25.0 Å². The van der Waals surface area contributed by atoms with Crippen molar-refractivity contribution in [3.05, 3.63) is 36.2 Å². The average Bonchev–Trinajstić information content (AvgIpc) is 2.28. The summed E-state index contributed by atoms with van der Waals surface area (Å²) < 4.78 is 0. The highest BCUT2D eigenvalue weighted by Gasteiger charge is 2.05. The van der Waals surface area contributed by atoms with Crippen LogP contribution in [-0.4, -0.2) is 28.0 Å². The van der Waals surface area contributed by atoms with Crippen LogP contribution in [0.1, 0.15) is 19.4 Å². The van der Waals surface area contributed by atoms with Crippen LogP contribution in [0.2, 0.25) is 0 Å². The summed E-state index contributed by atoms with van der Waals surface area (Å²) in [6.07, 6.45) is 3.46. The first-order chi connectivity index (χ1) is 7.66. The summed E-state index contributed by atoms with van der Waals surface area (Å²) in [7, 11) is 2.13. The van der Waals surface area contributed by atoms with Crippen molar-refractivity contribution in [2.24, 2.45) is 0 Å². The third kappa shape index (κ3) is 2.36. The number of aromatic nitrogens is 2. The van der Waals surface area contributed by atoms with Crippen molar-refractivity contribution in [2.45, 2.75) is 26.4 Å². The van der Waals surface area contributed by atoms with Gasteiger partial charge in [-0.25, -0.2) is 0 Å². The topological polar surface area (TPSA) is 29.0 Å². The molecule has 2 rings (SSSR count). The van der Waals surface area contributed by atoms with Gasteiger partial charge in [-0.15, -0.1) is 0 Å². The lowest BCUT2D eigenvalue weighted by Crippen LogP contribution is -2.25. The lowest BCUT2D eigenvalue weighted by molar-refractivity contribution is 0.266. The number of hydrogen-bond acceptors (Lipinski definition) is 3. The zero-order chi connectivity index (χ0) is 11.5. The standard InChI is InChI=1S/C13H17N3/c1-10(2)16(3)9-11-4-5-12-13(8-11)15-7-6-14-12/h4-8,10H,9H2,1-3H3. The van der Waals surface area contributed by atoms with Gasteiger partial charge in [0.15, 0.2) is 0 Å². The van der Waals surface area contributed by atoms with Gasteiger partial charge in [0.2, 0.25) is 0 Å².